The fraction of sp³-hybridized carbons (Fsp3) is 0.913. The van der Waals surface area contributed by atoms with Gasteiger partial charge in [0.15, 0.2) is 0 Å². The number of aliphatic hydroxyl groups excluding tert-OH is 4. The average molecular weight is 449 g/mol. The first kappa shape index (κ1) is 29.8. The maximum absolute atomic E-state index is 12.0. The molecule has 0 radical (unpaired) electrons. The lowest BCUT2D eigenvalue weighted by molar-refractivity contribution is -0.217. The maximum atomic E-state index is 12.0. The van der Waals surface area contributed by atoms with Gasteiger partial charge in [-0.1, -0.05) is 46.0 Å². The van der Waals surface area contributed by atoms with E-state index in [1.165, 1.54) is 13.8 Å². The molecule has 31 heavy (non-hydrogen) atoms. The number of hydrogen-bond acceptors (Lipinski definition) is 8. The zero-order valence-electron chi connectivity index (χ0n) is 19.7. The Morgan fingerprint density at radius 3 is 1.77 bits per heavy atom. The van der Waals surface area contributed by atoms with E-state index in [9.17, 15) is 30.0 Å². The average Bonchev–Trinajstić information content (AvgIpc) is 2.63. The summed E-state index contributed by atoms with van der Waals surface area (Å²) in [5.41, 5.74) is 0. The Morgan fingerprint density at radius 2 is 1.19 bits per heavy atom. The Bertz CT molecular complexity index is 494. The topological polar surface area (TPSA) is 134 Å². The van der Waals surface area contributed by atoms with Crippen LogP contribution in [0.25, 0.3) is 0 Å². The number of esters is 2. The van der Waals surface area contributed by atoms with E-state index in [0.29, 0.717) is 12.8 Å². The van der Waals surface area contributed by atoms with Crippen molar-refractivity contribution in [1.29, 1.82) is 0 Å². The van der Waals surface area contributed by atoms with E-state index in [4.69, 9.17) is 9.47 Å². The molecule has 4 atom stereocenters. The molecular formula is C23H44O8. The third-order valence-corrected chi connectivity index (χ3v) is 4.92. The van der Waals surface area contributed by atoms with Crippen molar-refractivity contribution in [3.63, 3.8) is 0 Å². The molecule has 4 N–H and O–H groups in total. The molecule has 0 aromatic carbocycles. The minimum Gasteiger partial charge on any atom is -0.423 e. The van der Waals surface area contributed by atoms with E-state index in [0.717, 1.165) is 32.1 Å². The zero-order valence-corrected chi connectivity index (χ0v) is 19.7. The summed E-state index contributed by atoms with van der Waals surface area (Å²) in [6, 6.07) is 0. The van der Waals surface area contributed by atoms with E-state index in [2.05, 4.69) is 6.92 Å². The van der Waals surface area contributed by atoms with Crippen molar-refractivity contribution in [2.45, 2.75) is 135 Å². The van der Waals surface area contributed by atoms with Crippen molar-refractivity contribution in [2.24, 2.45) is 0 Å². The van der Waals surface area contributed by atoms with Crippen LogP contribution >= 0.6 is 0 Å². The molecule has 0 amide bonds. The Labute approximate surface area is 186 Å². The number of ether oxygens (including phenoxy) is 2. The van der Waals surface area contributed by atoms with Crippen molar-refractivity contribution in [3.05, 3.63) is 0 Å². The Morgan fingerprint density at radius 1 is 0.710 bits per heavy atom. The highest BCUT2D eigenvalue weighted by atomic mass is 16.7. The monoisotopic (exact) mass is 448 g/mol. The molecule has 0 bridgehead atoms. The first-order valence-corrected chi connectivity index (χ1v) is 11.6. The molecular weight excluding hydrogens is 404 g/mol. The normalized spacial score (nSPS) is 15.7. The molecule has 0 aromatic heterocycles. The van der Waals surface area contributed by atoms with Gasteiger partial charge in [0, 0.05) is 20.3 Å². The molecule has 8 heteroatoms. The molecule has 8 nitrogen and oxygen atoms in total. The quantitative estimate of drug-likeness (QED) is 0.143. The fourth-order valence-electron chi connectivity index (χ4n) is 3.27. The Balaban J connectivity index is 4.23. The van der Waals surface area contributed by atoms with E-state index in [-0.39, 0.29) is 32.1 Å². The van der Waals surface area contributed by atoms with Crippen molar-refractivity contribution >= 4 is 11.9 Å². The molecule has 0 fully saturated rings. The van der Waals surface area contributed by atoms with Crippen molar-refractivity contribution < 1.29 is 39.5 Å². The first-order valence-electron chi connectivity index (χ1n) is 11.6. The van der Waals surface area contributed by atoms with Gasteiger partial charge in [0.25, 0.3) is 5.79 Å². The smallest absolute Gasteiger partial charge is 0.311 e. The van der Waals surface area contributed by atoms with Gasteiger partial charge in [0.2, 0.25) is 0 Å². The zero-order chi connectivity index (χ0) is 23.9. The third kappa shape index (κ3) is 17.1. The van der Waals surface area contributed by atoms with Gasteiger partial charge in [-0.2, -0.15) is 0 Å². The molecule has 184 valence electrons. The van der Waals surface area contributed by atoms with Crippen LogP contribution in [-0.2, 0) is 19.1 Å². The third-order valence-electron chi connectivity index (χ3n) is 4.92. The second kappa shape index (κ2) is 16.4. The van der Waals surface area contributed by atoms with Gasteiger partial charge in [-0.05, 0) is 32.1 Å². The lowest BCUT2D eigenvalue weighted by Gasteiger charge is -2.26. The van der Waals surface area contributed by atoms with Crippen molar-refractivity contribution in [1.82, 2.24) is 0 Å². The second-order valence-corrected chi connectivity index (χ2v) is 8.82. The highest BCUT2D eigenvalue weighted by Gasteiger charge is 2.29. The van der Waals surface area contributed by atoms with Gasteiger partial charge in [-0.15, -0.1) is 0 Å². The summed E-state index contributed by atoms with van der Waals surface area (Å²) in [7, 11) is 0. The van der Waals surface area contributed by atoms with Crippen molar-refractivity contribution in [3.8, 4) is 0 Å². The number of rotatable bonds is 18. The Kier molecular flexibility index (Phi) is 15.8. The predicted octanol–water partition coefficient (Wildman–Crippen LogP) is 2.97. The molecule has 0 spiro atoms. The first-order chi connectivity index (χ1) is 14.5. The summed E-state index contributed by atoms with van der Waals surface area (Å²) in [5.74, 6) is -2.88. The summed E-state index contributed by atoms with van der Waals surface area (Å²) in [6.45, 7) is 6.92. The molecule has 0 saturated heterocycles. The summed E-state index contributed by atoms with van der Waals surface area (Å²) < 4.78 is 10.3. The highest BCUT2D eigenvalue weighted by molar-refractivity contribution is 5.72. The minimum atomic E-state index is -1.51. The number of carbonyl (C=O) groups is 2. The second-order valence-electron chi connectivity index (χ2n) is 8.82. The Hall–Kier alpha value is -1.22. The van der Waals surface area contributed by atoms with Gasteiger partial charge in [-0.25, -0.2) is 0 Å². The molecule has 4 unspecified atom stereocenters. The molecule has 0 aliphatic rings. The summed E-state index contributed by atoms with van der Waals surface area (Å²) in [6.07, 6.45) is 2.86. The van der Waals surface area contributed by atoms with E-state index >= 15 is 0 Å². The molecule has 0 aromatic rings. The number of carbonyl (C=O) groups excluding carboxylic acids is 2. The number of hydrogen-bond donors (Lipinski definition) is 4. The summed E-state index contributed by atoms with van der Waals surface area (Å²) >= 11 is 0. The van der Waals surface area contributed by atoms with Gasteiger partial charge < -0.3 is 29.9 Å². The molecule has 0 aliphatic heterocycles. The van der Waals surface area contributed by atoms with Crippen LogP contribution in [0.2, 0.25) is 0 Å². The van der Waals surface area contributed by atoms with Crippen LogP contribution in [0, 0.1) is 0 Å². The molecule has 0 aliphatic carbocycles. The van der Waals surface area contributed by atoms with Crippen molar-refractivity contribution in [2.75, 3.05) is 0 Å². The van der Waals surface area contributed by atoms with Gasteiger partial charge in [-0.3, -0.25) is 9.59 Å². The van der Waals surface area contributed by atoms with Crippen LogP contribution in [0.4, 0.5) is 0 Å². The SMILES string of the molecule is CCCCCC(O)CC(O)CC(=O)OC(C)(C)OC(=O)CCC(O)CC(O)CCCC. The highest BCUT2D eigenvalue weighted by Crippen LogP contribution is 2.18. The largest absolute Gasteiger partial charge is 0.423 e. The lowest BCUT2D eigenvalue weighted by Crippen LogP contribution is -2.35. The molecule has 0 saturated carbocycles. The minimum absolute atomic E-state index is 0.0742. The lowest BCUT2D eigenvalue weighted by atomic mass is 10.0. The van der Waals surface area contributed by atoms with Crippen LogP contribution in [0.1, 0.15) is 105 Å². The van der Waals surface area contributed by atoms with Gasteiger partial charge in [0.1, 0.15) is 0 Å². The van der Waals surface area contributed by atoms with Crippen LogP contribution in [0.5, 0.6) is 0 Å². The van der Waals surface area contributed by atoms with Crippen LogP contribution in [0.3, 0.4) is 0 Å². The summed E-state index contributed by atoms with van der Waals surface area (Å²) in [4.78, 5) is 24.1. The fourth-order valence-corrected chi connectivity index (χ4v) is 3.27. The standard InChI is InChI=1S/C23H44O8/c1-5-7-9-11-18(25)15-20(27)16-22(29)31-23(3,4)30-21(28)13-12-19(26)14-17(24)10-8-6-2/h17-20,24-27H,5-16H2,1-4H3. The summed E-state index contributed by atoms with van der Waals surface area (Å²) in [5, 5.41) is 39.6. The van der Waals surface area contributed by atoms with Crippen LogP contribution in [0.15, 0.2) is 0 Å². The number of aliphatic hydroxyl groups is 4. The van der Waals surface area contributed by atoms with Crippen LogP contribution in [-0.4, -0.2) is 62.6 Å². The van der Waals surface area contributed by atoms with E-state index in [1.807, 2.05) is 6.92 Å². The molecule has 0 rings (SSSR count). The van der Waals surface area contributed by atoms with E-state index < -0.39 is 42.1 Å². The van der Waals surface area contributed by atoms with Gasteiger partial charge >= 0.3 is 11.9 Å². The number of unbranched alkanes of at least 4 members (excludes halogenated alkanes) is 3. The van der Waals surface area contributed by atoms with Gasteiger partial charge in [0.05, 0.1) is 30.8 Å². The maximum Gasteiger partial charge on any atom is 0.311 e. The van der Waals surface area contributed by atoms with Crippen LogP contribution < -0.4 is 0 Å². The molecule has 0 heterocycles. The predicted molar refractivity (Wildman–Crippen MR) is 117 cm³/mol. The van der Waals surface area contributed by atoms with E-state index in [1.54, 1.807) is 0 Å².